The van der Waals surface area contributed by atoms with Gasteiger partial charge in [-0.3, -0.25) is 0 Å². The van der Waals surface area contributed by atoms with Gasteiger partial charge in [0.1, 0.15) is 24.2 Å². The average Bonchev–Trinajstić information content (AvgIpc) is 3.26. The smallest absolute Gasteiger partial charge is 0.226 e. The highest BCUT2D eigenvalue weighted by Crippen LogP contribution is 2.50. The second kappa shape index (κ2) is 7.35. The second-order valence-corrected chi connectivity index (χ2v) is 9.32. The van der Waals surface area contributed by atoms with E-state index in [1.807, 2.05) is 35.0 Å². The van der Waals surface area contributed by atoms with E-state index in [1.165, 1.54) is 0 Å². The van der Waals surface area contributed by atoms with Crippen molar-refractivity contribution in [2.75, 3.05) is 5.32 Å². The molecular weight excluding hydrogens is 520 g/mol. The first-order valence-corrected chi connectivity index (χ1v) is 11.5. The van der Waals surface area contributed by atoms with Crippen LogP contribution in [-0.2, 0) is 0 Å². The van der Waals surface area contributed by atoms with Gasteiger partial charge in [0.2, 0.25) is 5.95 Å². The molecule has 2 atom stereocenters. The summed E-state index contributed by atoms with van der Waals surface area (Å²) in [6.07, 6.45) is 1.31. The molecule has 3 aromatic carbocycles. The zero-order chi connectivity index (χ0) is 20.9. The minimum absolute atomic E-state index is 0.154. The van der Waals surface area contributed by atoms with Crippen LogP contribution in [-0.4, -0.2) is 14.8 Å². The van der Waals surface area contributed by atoms with Gasteiger partial charge in [-0.05, 0) is 47.5 Å². The van der Waals surface area contributed by atoms with Crippen molar-refractivity contribution >= 4 is 43.5 Å². The van der Waals surface area contributed by atoms with Gasteiger partial charge in [0.25, 0.3) is 0 Å². The standard InChI is InChI=1S/C24H16Br2N4O/c25-16-10-8-14(9-11-16)22-20-21(29-24-27-13-28-30(22)24)18-6-1-2-7-19(18)31-23(20)15-4-3-5-17(26)12-15/h1-13,22-23H,(H,27,28,29)/t22-,23+/m0/s1. The number of rotatable bonds is 2. The Hall–Kier alpha value is -2.90. The van der Waals surface area contributed by atoms with E-state index < -0.39 is 0 Å². The molecule has 0 aliphatic carbocycles. The highest BCUT2D eigenvalue weighted by Gasteiger charge is 2.40. The van der Waals surface area contributed by atoms with Crippen LogP contribution in [0.15, 0.2) is 93.6 Å². The first-order valence-electron chi connectivity index (χ1n) is 9.86. The monoisotopic (exact) mass is 534 g/mol. The molecule has 0 fully saturated rings. The van der Waals surface area contributed by atoms with Crippen molar-refractivity contribution in [1.82, 2.24) is 14.8 Å². The van der Waals surface area contributed by atoms with E-state index in [-0.39, 0.29) is 12.1 Å². The molecule has 0 saturated heterocycles. The van der Waals surface area contributed by atoms with Crippen molar-refractivity contribution in [2.24, 2.45) is 0 Å². The Morgan fingerprint density at radius 2 is 1.71 bits per heavy atom. The first-order chi connectivity index (χ1) is 15.2. The van der Waals surface area contributed by atoms with Gasteiger partial charge in [-0.1, -0.05) is 68.3 Å². The van der Waals surface area contributed by atoms with Crippen molar-refractivity contribution in [3.8, 4) is 5.75 Å². The summed E-state index contributed by atoms with van der Waals surface area (Å²) in [5.74, 6) is 1.57. The third-order valence-corrected chi connectivity index (χ3v) is 6.68. The molecule has 1 aromatic heterocycles. The van der Waals surface area contributed by atoms with Gasteiger partial charge in [-0.2, -0.15) is 10.1 Å². The molecule has 152 valence electrons. The summed E-state index contributed by atoms with van der Waals surface area (Å²) in [6.45, 7) is 0. The molecule has 0 bridgehead atoms. The highest BCUT2D eigenvalue weighted by molar-refractivity contribution is 9.10. The molecular formula is C24H16Br2N4O. The lowest BCUT2D eigenvalue weighted by atomic mass is 9.84. The maximum Gasteiger partial charge on any atom is 0.226 e. The van der Waals surface area contributed by atoms with E-state index in [0.29, 0.717) is 0 Å². The Balaban J connectivity index is 1.63. The zero-order valence-electron chi connectivity index (χ0n) is 16.2. The third kappa shape index (κ3) is 3.11. The molecule has 2 aliphatic rings. The fourth-order valence-electron chi connectivity index (χ4n) is 4.33. The van der Waals surface area contributed by atoms with Crippen LogP contribution in [0.1, 0.15) is 28.8 Å². The van der Waals surface area contributed by atoms with Crippen molar-refractivity contribution in [2.45, 2.75) is 12.1 Å². The fraction of sp³-hybridized carbons (Fsp3) is 0.0833. The molecule has 0 spiro atoms. The number of para-hydroxylation sites is 1. The number of benzene rings is 3. The average molecular weight is 536 g/mol. The van der Waals surface area contributed by atoms with E-state index >= 15 is 0 Å². The van der Waals surface area contributed by atoms with Crippen LogP contribution in [0, 0.1) is 0 Å². The molecule has 1 N–H and O–H groups in total. The molecule has 4 aromatic rings. The number of nitrogens with zero attached hydrogens (tertiary/aromatic N) is 3. The Morgan fingerprint density at radius 3 is 2.55 bits per heavy atom. The molecule has 7 heteroatoms. The quantitative estimate of drug-likeness (QED) is 0.324. The van der Waals surface area contributed by atoms with Crippen molar-refractivity contribution in [3.63, 3.8) is 0 Å². The summed E-state index contributed by atoms with van der Waals surface area (Å²) in [4.78, 5) is 4.47. The zero-order valence-corrected chi connectivity index (χ0v) is 19.3. The number of fused-ring (bicyclic) bond motifs is 3. The summed E-state index contributed by atoms with van der Waals surface area (Å²) in [7, 11) is 0. The summed E-state index contributed by atoms with van der Waals surface area (Å²) in [5.41, 5.74) is 5.35. The second-order valence-electron chi connectivity index (χ2n) is 7.49. The highest BCUT2D eigenvalue weighted by atomic mass is 79.9. The number of anilines is 1. The largest absolute Gasteiger partial charge is 0.480 e. The lowest BCUT2D eigenvalue weighted by Gasteiger charge is -2.39. The first kappa shape index (κ1) is 18.8. The number of halogens is 2. The minimum atomic E-state index is -0.277. The molecule has 0 unspecified atom stereocenters. The fourth-order valence-corrected chi connectivity index (χ4v) is 5.01. The predicted octanol–water partition coefficient (Wildman–Crippen LogP) is 6.36. The maximum atomic E-state index is 6.62. The Morgan fingerprint density at radius 1 is 0.871 bits per heavy atom. The summed E-state index contributed by atoms with van der Waals surface area (Å²) >= 11 is 7.17. The Kier molecular flexibility index (Phi) is 4.47. The van der Waals surface area contributed by atoms with Crippen LogP contribution >= 0.6 is 31.9 Å². The van der Waals surface area contributed by atoms with Crippen LogP contribution in [0.2, 0.25) is 0 Å². The van der Waals surface area contributed by atoms with E-state index in [1.54, 1.807) is 6.33 Å². The molecule has 6 rings (SSSR count). The predicted molar refractivity (Wildman–Crippen MR) is 127 cm³/mol. The number of nitrogens with one attached hydrogen (secondary N) is 1. The Bertz CT molecular complexity index is 1330. The number of aromatic nitrogens is 3. The maximum absolute atomic E-state index is 6.62. The van der Waals surface area contributed by atoms with Gasteiger partial charge in [0.05, 0.1) is 5.70 Å². The molecule has 0 radical (unpaired) electrons. The molecule has 0 saturated carbocycles. The molecule has 31 heavy (non-hydrogen) atoms. The summed E-state index contributed by atoms with van der Waals surface area (Å²) in [5, 5.41) is 8.09. The molecule has 3 heterocycles. The van der Waals surface area contributed by atoms with Crippen molar-refractivity contribution in [3.05, 3.63) is 110 Å². The van der Waals surface area contributed by atoms with Crippen molar-refractivity contribution in [1.29, 1.82) is 0 Å². The topological polar surface area (TPSA) is 52.0 Å². The summed E-state index contributed by atoms with van der Waals surface area (Å²) in [6, 6.07) is 24.6. The van der Waals surface area contributed by atoms with Gasteiger partial charge in [-0.25, -0.2) is 4.68 Å². The summed E-state index contributed by atoms with van der Waals surface area (Å²) < 4.78 is 10.6. The van der Waals surface area contributed by atoms with Crippen LogP contribution in [0.5, 0.6) is 5.75 Å². The normalized spacial score (nSPS) is 19.0. The lowest BCUT2D eigenvalue weighted by molar-refractivity contribution is 0.223. The van der Waals surface area contributed by atoms with E-state index in [4.69, 9.17) is 4.74 Å². The minimum Gasteiger partial charge on any atom is -0.480 e. The SMILES string of the molecule is Brc1ccc([C@H]2C3=C(Nc4ncnn42)c2ccccc2O[C@@H]3c2cccc(Br)c2)cc1. The van der Waals surface area contributed by atoms with E-state index in [2.05, 4.69) is 89.7 Å². The number of hydrogen-bond donors (Lipinski definition) is 1. The molecule has 2 aliphatic heterocycles. The van der Waals surface area contributed by atoms with E-state index in [9.17, 15) is 0 Å². The van der Waals surface area contributed by atoms with Crippen LogP contribution in [0.4, 0.5) is 5.95 Å². The lowest BCUT2D eigenvalue weighted by Crippen LogP contribution is -2.32. The molecule has 5 nitrogen and oxygen atoms in total. The Labute approximate surface area is 196 Å². The van der Waals surface area contributed by atoms with Crippen molar-refractivity contribution < 1.29 is 4.74 Å². The molecule has 0 amide bonds. The number of ether oxygens (including phenoxy) is 1. The number of hydrogen-bond acceptors (Lipinski definition) is 4. The van der Waals surface area contributed by atoms with Gasteiger partial charge >= 0.3 is 0 Å². The third-order valence-electron chi connectivity index (χ3n) is 5.66. The van der Waals surface area contributed by atoms with E-state index in [0.717, 1.165) is 48.6 Å². The van der Waals surface area contributed by atoms with Gasteiger partial charge < -0.3 is 10.1 Å². The van der Waals surface area contributed by atoms with Crippen LogP contribution < -0.4 is 10.1 Å². The van der Waals surface area contributed by atoms with Crippen LogP contribution in [0.3, 0.4) is 0 Å². The van der Waals surface area contributed by atoms with Crippen LogP contribution in [0.25, 0.3) is 5.70 Å². The van der Waals surface area contributed by atoms with Gasteiger partial charge in [0.15, 0.2) is 0 Å². The van der Waals surface area contributed by atoms with Gasteiger partial charge in [0, 0.05) is 20.1 Å². The van der Waals surface area contributed by atoms with Gasteiger partial charge in [-0.15, -0.1) is 0 Å².